The van der Waals surface area contributed by atoms with E-state index < -0.39 is 6.10 Å². The molecule has 1 heterocycles. The Balaban J connectivity index is 2.08. The minimum Gasteiger partial charge on any atom is -0.388 e. The van der Waals surface area contributed by atoms with Crippen molar-refractivity contribution in [3.05, 3.63) is 65.0 Å². The molecular formula is C15H17NO. The summed E-state index contributed by atoms with van der Waals surface area (Å²) < 4.78 is 0. The maximum absolute atomic E-state index is 10.1. The van der Waals surface area contributed by atoms with Crippen LogP contribution in [0.3, 0.4) is 0 Å². The van der Waals surface area contributed by atoms with Gasteiger partial charge in [-0.1, -0.05) is 35.9 Å². The zero-order chi connectivity index (χ0) is 12.3. The Labute approximate surface area is 102 Å². The van der Waals surface area contributed by atoms with Gasteiger partial charge in [0, 0.05) is 18.3 Å². The van der Waals surface area contributed by atoms with Gasteiger partial charge in [-0.15, -0.1) is 0 Å². The topological polar surface area (TPSA) is 33.1 Å². The molecule has 2 aromatic rings. The molecule has 1 atom stereocenters. The first-order valence-corrected chi connectivity index (χ1v) is 5.81. The van der Waals surface area contributed by atoms with Crippen molar-refractivity contribution in [1.82, 2.24) is 4.98 Å². The number of nitrogens with zero attached hydrogens (tertiary/aromatic N) is 1. The highest BCUT2D eigenvalue weighted by atomic mass is 16.3. The fourth-order valence-corrected chi connectivity index (χ4v) is 1.72. The van der Waals surface area contributed by atoms with Gasteiger partial charge in [0.2, 0.25) is 0 Å². The Morgan fingerprint density at radius 1 is 1.00 bits per heavy atom. The van der Waals surface area contributed by atoms with Crippen molar-refractivity contribution in [3.63, 3.8) is 0 Å². The van der Waals surface area contributed by atoms with E-state index in [2.05, 4.69) is 4.98 Å². The van der Waals surface area contributed by atoms with Crippen LogP contribution in [0.2, 0.25) is 0 Å². The lowest BCUT2D eigenvalue weighted by Crippen LogP contribution is -2.03. The van der Waals surface area contributed by atoms with Gasteiger partial charge in [0.05, 0.1) is 6.10 Å². The van der Waals surface area contributed by atoms with Crippen LogP contribution in [0.5, 0.6) is 0 Å². The van der Waals surface area contributed by atoms with Crippen LogP contribution in [-0.2, 0) is 6.42 Å². The molecule has 0 aliphatic rings. The average Bonchev–Trinajstić information content (AvgIpc) is 2.33. The van der Waals surface area contributed by atoms with Crippen LogP contribution in [0.4, 0.5) is 0 Å². The fraction of sp³-hybridized carbons (Fsp3) is 0.267. The number of hydrogen-bond acceptors (Lipinski definition) is 2. The number of aliphatic hydroxyl groups is 1. The normalized spacial score (nSPS) is 12.4. The molecule has 1 N–H and O–H groups in total. The monoisotopic (exact) mass is 227 g/mol. The Morgan fingerprint density at radius 2 is 1.65 bits per heavy atom. The lowest BCUT2D eigenvalue weighted by molar-refractivity contribution is 0.177. The van der Waals surface area contributed by atoms with E-state index >= 15 is 0 Å². The molecule has 0 saturated carbocycles. The molecule has 0 bridgehead atoms. The second-order valence-corrected chi connectivity index (χ2v) is 4.46. The van der Waals surface area contributed by atoms with E-state index in [1.54, 1.807) is 0 Å². The number of aliphatic hydroxyl groups excluding tert-OH is 1. The predicted molar refractivity (Wildman–Crippen MR) is 68.8 cm³/mol. The predicted octanol–water partition coefficient (Wildman–Crippen LogP) is 2.97. The van der Waals surface area contributed by atoms with Crippen molar-refractivity contribution in [3.8, 4) is 0 Å². The van der Waals surface area contributed by atoms with E-state index in [4.69, 9.17) is 0 Å². The second-order valence-electron chi connectivity index (χ2n) is 4.46. The van der Waals surface area contributed by atoms with E-state index in [1.165, 1.54) is 5.56 Å². The number of aromatic nitrogens is 1. The van der Waals surface area contributed by atoms with E-state index in [9.17, 15) is 5.11 Å². The summed E-state index contributed by atoms with van der Waals surface area (Å²) in [5.74, 6) is 0. The molecule has 2 heteroatoms. The summed E-state index contributed by atoms with van der Waals surface area (Å²) in [6.45, 7) is 4.05. The number of hydrogen-bond donors (Lipinski definition) is 1. The lowest BCUT2D eigenvalue weighted by atomic mass is 10.0. The SMILES string of the molecule is Cc1ccc(C(O)Cc2ccc(C)cn2)cc1. The molecule has 2 nitrogen and oxygen atoms in total. The number of benzene rings is 1. The van der Waals surface area contributed by atoms with E-state index in [1.807, 2.05) is 56.4 Å². The quantitative estimate of drug-likeness (QED) is 0.874. The van der Waals surface area contributed by atoms with Gasteiger partial charge < -0.3 is 5.11 Å². The zero-order valence-corrected chi connectivity index (χ0v) is 10.2. The minimum absolute atomic E-state index is 0.481. The van der Waals surface area contributed by atoms with Crippen LogP contribution in [-0.4, -0.2) is 10.1 Å². The molecule has 0 fully saturated rings. The van der Waals surface area contributed by atoms with Crippen LogP contribution in [0.1, 0.15) is 28.5 Å². The van der Waals surface area contributed by atoms with Gasteiger partial charge in [0.25, 0.3) is 0 Å². The largest absolute Gasteiger partial charge is 0.388 e. The van der Waals surface area contributed by atoms with Gasteiger partial charge in [-0.25, -0.2) is 0 Å². The van der Waals surface area contributed by atoms with Crippen LogP contribution < -0.4 is 0 Å². The Bertz CT molecular complexity index is 473. The Hall–Kier alpha value is -1.67. The second kappa shape index (κ2) is 5.11. The molecule has 0 spiro atoms. The Morgan fingerprint density at radius 3 is 2.24 bits per heavy atom. The fourth-order valence-electron chi connectivity index (χ4n) is 1.72. The number of rotatable bonds is 3. The zero-order valence-electron chi connectivity index (χ0n) is 10.2. The van der Waals surface area contributed by atoms with Crippen LogP contribution in [0.15, 0.2) is 42.6 Å². The molecular weight excluding hydrogens is 210 g/mol. The summed E-state index contributed by atoms with van der Waals surface area (Å²) in [7, 11) is 0. The first-order valence-electron chi connectivity index (χ1n) is 5.81. The molecule has 17 heavy (non-hydrogen) atoms. The van der Waals surface area contributed by atoms with Gasteiger partial charge in [0.15, 0.2) is 0 Å². The van der Waals surface area contributed by atoms with Crippen molar-refractivity contribution >= 4 is 0 Å². The van der Waals surface area contributed by atoms with Crippen LogP contribution in [0, 0.1) is 13.8 Å². The average molecular weight is 227 g/mol. The number of aryl methyl sites for hydroxylation is 2. The van der Waals surface area contributed by atoms with Gasteiger partial charge in [-0.2, -0.15) is 0 Å². The third-order valence-electron chi connectivity index (χ3n) is 2.84. The van der Waals surface area contributed by atoms with Crippen molar-refractivity contribution in [2.45, 2.75) is 26.4 Å². The van der Waals surface area contributed by atoms with Crippen molar-refractivity contribution in [2.75, 3.05) is 0 Å². The molecule has 0 aliphatic carbocycles. The van der Waals surface area contributed by atoms with Gasteiger partial charge in [-0.05, 0) is 31.0 Å². The van der Waals surface area contributed by atoms with E-state index in [-0.39, 0.29) is 0 Å². The summed E-state index contributed by atoms with van der Waals surface area (Å²) in [4.78, 5) is 4.30. The molecule has 0 radical (unpaired) electrons. The molecule has 2 rings (SSSR count). The lowest BCUT2D eigenvalue weighted by Gasteiger charge is -2.10. The first-order chi connectivity index (χ1) is 8.15. The molecule has 1 aromatic carbocycles. The van der Waals surface area contributed by atoms with Gasteiger partial charge >= 0.3 is 0 Å². The highest BCUT2D eigenvalue weighted by Crippen LogP contribution is 2.17. The summed E-state index contributed by atoms with van der Waals surface area (Å²) in [6.07, 6.45) is 1.91. The summed E-state index contributed by atoms with van der Waals surface area (Å²) in [5.41, 5.74) is 4.20. The van der Waals surface area contributed by atoms with Crippen LogP contribution >= 0.6 is 0 Å². The van der Waals surface area contributed by atoms with Crippen LogP contribution in [0.25, 0.3) is 0 Å². The molecule has 0 aliphatic heterocycles. The minimum atomic E-state index is -0.481. The van der Waals surface area contributed by atoms with Crippen molar-refractivity contribution in [1.29, 1.82) is 0 Å². The highest BCUT2D eigenvalue weighted by molar-refractivity contribution is 5.24. The summed E-state index contributed by atoms with van der Waals surface area (Å²) in [5, 5.41) is 10.1. The summed E-state index contributed by atoms with van der Waals surface area (Å²) in [6, 6.07) is 11.9. The first kappa shape index (κ1) is 11.8. The Kier molecular flexibility index (Phi) is 3.55. The van der Waals surface area contributed by atoms with Crippen molar-refractivity contribution in [2.24, 2.45) is 0 Å². The molecule has 88 valence electrons. The molecule has 0 saturated heterocycles. The van der Waals surface area contributed by atoms with Gasteiger partial charge in [0.1, 0.15) is 0 Å². The standard InChI is InChI=1S/C15H17NO/c1-11-3-6-13(7-4-11)15(17)9-14-8-5-12(2)10-16-14/h3-8,10,15,17H,9H2,1-2H3. The molecule has 1 aromatic heterocycles. The van der Waals surface area contributed by atoms with Crippen molar-refractivity contribution < 1.29 is 5.11 Å². The summed E-state index contributed by atoms with van der Waals surface area (Å²) >= 11 is 0. The third kappa shape index (κ3) is 3.14. The van der Waals surface area contributed by atoms with E-state index in [0.717, 1.165) is 16.8 Å². The number of pyridine rings is 1. The maximum atomic E-state index is 10.1. The molecule has 1 unspecified atom stereocenters. The van der Waals surface area contributed by atoms with E-state index in [0.29, 0.717) is 6.42 Å². The van der Waals surface area contributed by atoms with Gasteiger partial charge in [-0.3, -0.25) is 4.98 Å². The maximum Gasteiger partial charge on any atom is 0.0845 e. The smallest absolute Gasteiger partial charge is 0.0845 e. The third-order valence-corrected chi connectivity index (χ3v) is 2.84. The molecule has 0 amide bonds. The highest BCUT2D eigenvalue weighted by Gasteiger charge is 2.08.